The van der Waals surface area contributed by atoms with Gasteiger partial charge in [-0.05, 0) is 18.9 Å². The van der Waals surface area contributed by atoms with Crippen LogP contribution in [0.4, 0.5) is 0 Å². The van der Waals surface area contributed by atoms with Crippen molar-refractivity contribution < 1.29 is 0 Å². The zero-order valence-corrected chi connectivity index (χ0v) is 10.2. The molecule has 1 N–H and O–H groups in total. The fraction of sp³-hybridized carbons (Fsp3) is 0.286. The quantitative estimate of drug-likeness (QED) is 0.877. The molecule has 88 valence electrons. The molecule has 0 amide bonds. The summed E-state index contributed by atoms with van der Waals surface area (Å²) in [7, 11) is 0. The van der Waals surface area contributed by atoms with E-state index in [1.165, 1.54) is 0 Å². The van der Waals surface area contributed by atoms with Gasteiger partial charge in [0.2, 0.25) is 0 Å². The molecule has 2 rings (SSSR count). The molecule has 3 nitrogen and oxygen atoms in total. The molecule has 0 spiro atoms. The highest BCUT2D eigenvalue weighted by atomic mass is 16.1. The Kier molecular flexibility index (Phi) is 3.38. The van der Waals surface area contributed by atoms with Gasteiger partial charge in [-0.15, -0.1) is 0 Å². The lowest BCUT2D eigenvalue weighted by atomic mass is 10.1. The molecule has 2 aromatic rings. The van der Waals surface area contributed by atoms with Crippen LogP contribution in [0, 0.1) is 6.92 Å². The van der Waals surface area contributed by atoms with Gasteiger partial charge in [-0.3, -0.25) is 4.79 Å². The van der Waals surface area contributed by atoms with E-state index in [0.717, 1.165) is 35.5 Å². The maximum absolute atomic E-state index is 11.6. The van der Waals surface area contributed by atoms with Crippen molar-refractivity contribution in [1.82, 2.24) is 9.97 Å². The van der Waals surface area contributed by atoms with Gasteiger partial charge in [0.15, 0.2) is 0 Å². The number of aryl methyl sites for hydroxylation is 2. The summed E-state index contributed by atoms with van der Waals surface area (Å²) in [5.41, 5.74) is 2.83. The minimum atomic E-state index is -0.0818. The first-order chi connectivity index (χ1) is 8.20. The van der Waals surface area contributed by atoms with Crippen molar-refractivity contribution in [3.05, 3.63) is 52.1 Å². The van der Waals surface area contributed by atoms with Gasteiger partial charge in [-0.25, -0.2) is 4.98 Å². The Labute approximate surface area is 101 Å². The number of benzene rings is 1. The lowest BCUT2D eigenvalue weighted by molar-refractivity contribution is 0.827. The van der Waals surface area contributed by atoms with Gasteiger partial charge >= 0.3 is 0 Å². The van der Waals surface area contributed by atoms with Crippen LogP contribution in [0.3, 0.4) is 0 Å². The SMILES string of the molecule is CCCc1nc(-c2ccccc2C)cc(=O)[nH]1. The zero-order chi connectivity index (χ0) is 12.3. The molecule has 0 saturated carbocycles. The molecule has 1 aromatic heterocycles. The number of hydrogen-bond donors (Lipinski definition) is 1. The van der Waals surface area contributed by atoms with E-state index in [1.54, 1.807) is 6.07 Å². The van der Waals surface area contributed by atoms with E-state index in [0.29, 0.717) is 0 Å². The van der Waals surface area contributed by atoms with Gasteiger partial charge in [-0.2, -0.15) is 0 Å². The molecule has 1 aromatic carbocycles. The number of aromatic amines is 1. The van der Waals surface area contributed by atoms with E-state index in [4.69, 9.17) is 0 Å². The van der Waals surface area contributed by atoms with Crippen LogP contribution >= 0.6 is 0 Å². The summed E-state index contributed by atoms with van der Waals surface area (Å²) in [6.07, 6.45) is 1.77. The van der Waals surface area contributed by atoms with Crippen LogP contribution in [0.1, 0.15) is 24.7 Å². The maximum atomic E-state index is 11.6. The highest BCUT2D eigenvalue weighted by Gasteiger charge is 2.05. The van der Waals surface area contributed by atoms with Crippen molar-refractivity contribution >= 4 is 0 Å². The molecule has 0 atom stereocenters. The van der Waals surface area contributed by atoms with Crippen molar-refractivity contribution in [3.8, 4) is 11.3 Å². The molecule has 0 bridgehead atoms. The zero-order valence-electron chi connectivity index (χ0n) is 10.2. The van der Waals surface area contributed by atoms with Gasteiger partial charge < -0.3 is 4.98 Å². The molecule has 0 aliphatic carbocycles. The average molecular weight is 228 g/mol. The summed E-state index contributed by atoms with van der Waals surface area (Å²) in [5.74, 6) is 0.762. The molecular weight excluding hydrogens is 212 g/mol. The predicted molar refractivity (Wildman–Crippen MR) is 69.0 cm³/mol. The lowest BCUT2D eigenvalue weighted by Crippen LogP contribution is -2.11. The van der Waals surface area contributed by atoms with Crippen LogP contribution in [0.5, 0.6) is 0 Å². The van der Waals surface area contributed by atoms with Crippen molar-refractivity contribution in [3.63, 3.8) is 0 Å². The number of nitrogens with one attached hydrogen (secondary N) is 1. The van der Waals surface area contributed by atoms with Gasteiger partial charge in [0.1, 0.15) is 5.82 Å². The molecular formula is C14H16N2O. The summed E-state index contributed by atoms with van der Waals surface area (Å²) >= 11 is 0. The van der Waals surface area contributed by atoms with Gasteiger partial charge in [0.25, 0.3) is 5.56 Å². The second-order valence-corrected chi connectivity index (χ2v) is 4.14. The van der Waals surface area contributed by atoms with E-state index in [-0.39, 0.29) is 5.56 Å². The summed E-state index contributed by atoms with van der Waals surface area (Å²) in [6.45, 7) is 4.10. The predicted octanol–water partition coefficient (Wildman–Crippen LogP) is 2.70. The number of aromatic nitrogens is 2. The summed E-state index contributed by atoms with van der Waals surface area (Å²) in [5, 5.41) is 0. The van der Waals surface area contributed by atoms with Crippen LogP contribution < -0.4 is 5.56 Å². The van der Waals surface area contributed by atoms with Crippen LogP contribution in [0.25, 0.3) is 11.3 Å². The molecule has 0 unspecified atom stereocenters. The topological polar surface area (TPSA) is 45.8 Å². The Morgan fingerprint density at radius 3 is 2.76 bits per heavy atom. The van der Waals surface area contributed by atoms with E-state index in [9.17, 15) is 4.79 Å². The Hall–Kier alpha value is -1.90. The maximum Gasteiger partial charge on any atom is 0.251 e. The number of rotatable bonds is 3. The van der Waals surface area contributed by atoms with Crippen molar-refractivity contribution in [2.75, 3.05) is 0 Å². The van der Waals surface area contributed by atoms with Crippen LogP contribution in [-0.4, -0.2) is 9.97 Å². The highest BCUT2D eigenvalue weighted by molar-refractivity contribution is 5.62. The van der Waals surface area contributed by atoms with E-state index >= 15 is 0 Å². The minimum absolute atomic E-state index is 0.0818. The second-order valence-electron chi connectivity index (χ2n) is 4.14. The van der Waals surface area contributed by atoms with Crippen molar-refractivity contribution in [1.29, 1.82) is 0 Å². The Morgan fingerprint density at radius 1 is 1.29 bits per heavy atom. The van der Waals surface area contributed by atoms with Gasteiger partial charge in [0, 0.05) is 18.1 Å². The summed E-state index contributed by atoms with van der Waals surface area (Å²) in [4.78, 5) is 18.8. The largest absolute Gasteiger partial charge is 0.311 e. The third-order valence-corrected chi connectivity index (χ3v) is 2.70. The van der Waals surface area contributed by atoms with E-state index < -0.39 is 0 Å². The number of nitrogens with zero attached hydrogens (tertiary/aromatic N) is 1. The van der Waals surface area contributed by atoms with Crippen molar-refractivity contribution in [2.45, 2.75) is 26.7 Å². The smallest absolute Gasteiger partial charge is 0.251 e. The number of hydrogen-bond acceptors (Lipinski definition) is 2. The molecule has 17 heavy (non-hydrogen) atoms. The fourth-order valence-electron chi connectivity index (χ4n) is 1.86. The Balaban J connectivity index is 2.52. The summed E-state index contributed by atoms with van der Waals surface area (Å²) in [6, 6.07) is 9.52. The van der Waals surface area contributed by atoms with Crippen LogP contribution in [-0.2, 0) is 6.42 Å². The average Bonchev–Trinajstić information content (AvgIpc) is 2.29. The second kappa shape index (κ2) is 4.95. The Bertz CT molecular complexity index is 572. The minimum Gasteiger partial charge on any atom is -0.311 e. The Morgan fingerprint density at radius 2 is 2.06 bits per heavy atom. The third-order valence-electron chi connectivity index (χ3n) is 2.70. The molecule has 1 heterocycles. The standard InChI is InChI=1S/C14H16N2O/c1-3-6-13-15-12(9-14(17)16-13)11-8-5-4-7-10(11)2/h4-5,7-9H,3,6H2,1-2H3,(H,15,16,17). The first-order valence-electron chi connectivity index (χ1n) is 5.87. The molecule has 0 fully saturated rings. The first-order valence-corrected chi connectivity index (χ1v) is 5.87. The van der Waals surface area contributed by atoms with E-state index in [1.807, 2.05) is 31.2 Å². The lowest BCUT2D eigenvalue weighted by Gasteiger charge is -2.06. The molecule has 0 radical (unpaired) electrons. The first kappa shape index (κ1) is 11.6. The van der Waals surface area contributed by atoms with Gasteiger partial charge in [-0.1, -0.05) is 31.2 Å². The number of H-pyrrole nitrogens is 1. The highest BCUT2D eigenvalue weighted by Crippen LogP contribution is 2.19. The molecule has 0 aliphatic heterocycles. The molecule has 0 aliphatic rings. The fourth-order valence-corrected chi connectivity index (χ4v) is 1.86. The van der Waals surface area contributed by atoms with Crippen LogP contribution in [0.15, 0.2) is 35.1 Å². The van der Waals surface area contributed by atoms with Crippen molar-refractivity contribution in [2.24, 2.45) is 0 Å². The molecule has 3 heteroatoms. The normalized spacial score (nSPS) is 10.5. The third kappa shape index (κ3) is 2.61. The van der Waals surface area contributed by atoms with Gasteiger partial charge in [0.05, 0.1) is 5.69 Å². The monoisotopic (exact) mass is 228 g/mol. The van der Waals surface area contributed by atoms with Crippen LogP contribution in [0.2, 0.25) is 0 Å². The van der Waals surface area contributed by atoms with E-state index in [2.05, 4.69) is 16.9 Å². The summed E-state index contributed by atoms with van der Waals surface area (Å²) < 4.78 is 0. The molecule has 0 saturated heterocycles.